The van der Waals surface area contributed by atoms with Crippen LogP contribution in [-0.4, -0.2) is 41.8 Å². The van der Waals surface area contributed by atoms with Crippen molar-refractivity contribution < 1.29 is 24.2 Å². The number of aliphatic carboxylic acids is 1. The topological polar surface area (TPSA) is 105 Å². The molecule has 0 aliphatic carbocycles. The largest absolute Gasteiger partial charge is 0.480 e. The van der Waals surface area contributed by atoms with Crippen molar-refractivity contribution in [1.82, 2.24) is 10.6 Å². The smallest absolute Gasteiger partial charge is 0.328 e. The number of carbonyl (C=O) groups is 3. The lowest BCUT2D eigenvalue weighted by Gasteiger charge is -2.21. The van der Waals surface area contributed by atoms with Gasteiger partial charge in [-0.15, -0.1) is 0 Å². The fourth-order valence-corrected chi connectivity index (χ4v) is 1.05. The van der Waals surface area contributed by atoms with Crippen LogP contribution in [0.15, 0.2) is 0 Å². The highest BCUT2D eigenvalue weighted by Crippen LogP contribution is 2.01. The highest BCUT2D eigenvalue weighted by molar-refractivity contribution is 5.85. The van der Waals surface area contributed by atoms with E-state index in [0.717, 1.165) is 0 Å². The van der Waals surface area contributed by atoms with E-state index in [2.05, 4.69) is 10.6 Å². The minimum atomic E-state index is -1.33. The molecule has 7 nitrogen and oxygen atoms in total. The summed E-state index contributed by atoms with van der Waals surface area (Å²) in [5, 5.41) is 13.6. The van der Waals surface area contributed by atoms with Gasteiger partial charge in [-0.25, -0.2) is 9.59 Å². The maximum absolute atomic E-state index is 11.3. The number of urea groups is 1. The monoisotopic (exact) mass is 260 g/mol. The molecule has 0 unspecified atom stereocenters. The molecule has 0 aromatic carbocycles. The van der Waals surface area contributed by atoms with Gasteiger partial charge in [-0.05, 0) is 27.2 Å². The fourth-order valence-electron chi connectivity index (χ4n) is 1.05. The Bertz CT molecular complexity index is 315. The second-order valence-electron chi connectivity index (χ2n) is 4.22. The van der Waals surface area contributed by atoms with Crippen LogP contribution in [0.3, 0.4) is 0 Å². The molecular weight excluding hydrogens is 240 g/mol. The number of carboxylic acid groups (broad SMARTS) is 1. The van der Waals surface area contributed by atoms with Crippen LogP contribution < -0.4 is 10.6 Å². The van der Waals surface area contributed by atoms with Gasteiger partial charge >= 0.3 is 18.0 Å². The third kappa shape index (κ3) is 6.72. The van der Waals surface area contributed by atoms with Gasteiger partial charge in [-0.2, -0.15) is 0 Å². The highest BCUT2D eigenvalue weighted by Gasteiger charge is 2.28. The van der Waals surface area contributed by atoms with E-state index < -0.39 is 17.5 Å². The third-order valence-corrected chi connectivity index (χ3v) is 2.11. The van der Waals surface area contributed by atoms with E-state index >= 15 is 0 Å². The molecule has 0 bridgehead atoms. The first-order chi connectivity index (χ1) is 8.29. The van der Waals surface area contributed by atoms with E-state index in [9.17, 15) is 14.4 Å². The van der Waals surface area contributed by atoms with Crippen molar-refractivity contribution in [3.8, 4) is 0 Å². The zero-order valence-corrected chi connectivity index (χ0v) is 10.9. The molecule has 0 heterocycles. The molecule has 0 spiro atoms. The van der Waals surface area contributed by atoms with Gasteiger partial charge in [-0.3, -0.25) is 4.79 Å². The quantitative estimate of drug-likeness (QED) is 0.456. The molecule has 0 aromatic rings. The Labute approximate surface area is 106 Å². The summed E-state index contributed by atoms with van der Waals surface area (Å²) in [6.45, 7) is 5.10. The van der Waals surface area contributed by atoms with Crippen LogP contribution in [0.1, 0.15) is 33.6 Å². The minimum Gasteiger partial charge on any atom is -0.480 e. The van der Waals surface area contributed by atoms with Gasteiger partial charge in [0.25, 0.3) is 0 Å². The maximum Gasteiger partial charge on any atom is 0.328 e. The Morgan fingerprint density at radius 2 is 1.89 bits per heavy atom. The van der Waals surface area contributed by atoms with Crippen LogP contribution in [0.5, 0.6) is 0 Å². The summed E-state index contributed by atoms with van der Waals surface area (Å²) < 4.78 is 4.72. The van der Waals surface area contributed by atoms with Crippen molar-refractivity contribution >= 4 is 18.0 Å². The Morgan fingerprint density at radius 1 is 1.28 bits per heavy atom. The van der Waals surface area contributed by atoms with Gasteiger partial charge in [-0.1, -0.05) is 0 Å². The molecule has 0 aliphatic heterocycles. The fraction of sp³-hybridized carbons (Fsp3) is 0.727. The summed E-state index contributed by atoms with van der Waals surface area (Å²) in [5.41, 5.74) is -1.33. The van der Waals surface area contributed by atoms with Crippen LogP contribution in [-0.2, 0) is 14.3 Å². The van der Waals surface area contributed by atoms with Crippen molar-refractivity contribution in [3.63, 3.8) is 0 Å². The Balaban J connectivity index is 3.79. The van der Waals surface area contributed by atoms with Crippen LogP contribution in [0.2, 0.25) is 0 Å². The molecule has 0 saturated heterocycles. The summed E-state index contributed by atoms with van der Waals surface area (Å²) >= 11 is 0. The van der Waals surface area contributed by atoms with Gasteiger partial charge in [0.1, 0.15) is 5.54 Å². The number of ether oxygens (including phenoxy) is 1. The van der Waals surface area contributed by atoms with Crippen molar-refractivity contribution in [2.75, 3.05) is 13.2 Å². The molecule has 0 radical (unpaired) electrons. The number of esters is 1. The van der Waals surface area contributed by atoms with E-state index in [1.165, 1.54) is 13.8 Å². The van der Waals surface area contributed by atoms with E-state index in [1.807, 2.05) is 0 Å². The third-order valence-electron chi connectivity index (χ3n) is 2.11. The van der Waals surface area contributed by atoms with Gasteiger partial charge in [0, 0.05) is 13.0 Å². The first kappa shape index (κ1) is 16.2. The first-order valence-corrected chi connectivity index (χ1v) is 5.74. The van der Waals surface area contributed by atoms with Crippen LogP contribution >= 0.6 is 0 Å². The molecule has 0 rings (SSSR count). The van der Waals surface area contributed by atoms with E-state index in [0.29, 0.717) is 13.0 Å². The van der Waals surface area contributed by atoms with Crippen LogP contribution in [0.25, 0.3) is 0 Å². The predicted octanol–water partition coefficient (Wildman–Crippen LogP) is 0.492. The van der Waals surface area contributed by atoms with Crippen molar-refractivity contribution in [3.05, 3.63) is 0 Å². The van der Waals surface area contributed by atoms with Crippen LogP contribution in [0.4, 0.5) is 4.79 Å². The van der Waals surface area contributed by atoms with Crippen LogP contribution in [0, 0.1) is 0 Å². The SMILES string of the molecule is CCOC(=O)CCCNC(=O)NC(C)(C)C(=O)O. The number of hydrogen-bond donors (Lipinski definition) is 3. The zero-order chi connectivity index (χ0) is 14.2. The standard InChI is InChI=1S/C11H20N2O5/c1-4-18-8(14)6-5-7-12-10(17)13-11(2,3)9(15)16/h4-7H2,1-3H3,(H,15,16)(H2,12,13,17). The lowest BCUT2D eigenvalue weighted by atomic mass is 10.1. The molecule has 0 aromatic heterocycles. The summed E-state index contributed by atoms with van der Waals surface area (Å²) in [5.74, 6) is -1.44. The zero-order valence-electron chi connectivity index (χ0n) is 10.9. The van der Waals surface area contributed by atoms with E-state index in [-0.39, 0.29) is 18.9 Å². The summed E-state index contributed by atoms with van der Waals surface area (Å²) in [6, 6.07) is -0.578. The Hall–Kier alpha value is -1.79. The second kappa shape index (κ2) is 7.52. The number of hydrogen-bond acceptors (Lipinski definition) is 4. The summed E-state index contributed by atoms with van der Waals surface area (Å²) in [4.78, 5) is 33.1. The lowest BCUT2D eigenvalue weighted by Crippen LogP contribution is -2.53. The normalized spacial score (nSPS) is 10.6. The maximum atomic E-state index is 11.3. The summed E-state index contributed by atoms with van der Waals surface area (Å²) in [7, 11) is 0. The first-order valence-electron chi connectivity index (χ1n) is 5.74. The molecule has 18 heavy (non-hydrogen) atoms. The Kier molecular flexibility index (Phi) is 6.77. The Morgan fingerprint density at radius 3 is 2.39 bits per heavy atom. The van der Waals surface area contributed by atoms with Gasteiger partial charge in [0.2, 0.25) is 0 Å². The number of carboxylic acids is 1. The highest BCUT2D eigenvalue weighted by atomic mass is 16.5. The lowest BCUT2D eigenvalue weighted by molar-refractivity contribution is -0.143. The molecule has 7 heteroatoms. The molecule has 104 valence electrons. The average Bonchev–Trinajstić information content (AvgIpc) is 2.24. The van der Waals surface area contributed by atoms with E-state index in [4.69, 9.17) is 9.84 Å². The van der Waals surface area contributed by atoms with Crippen molar-refractivity contribution in [2.45, 2.75) is 39.2 Å². The summed E-state index contributed by atoms with van der Waals surface area (Å²) in [6.07, 6.45) is 0.663. The molecule has 0 atom stereocenters. The molecular formula is C11H20N2O5. The molecule has 0 saturated carbocycles. The number of nitrogens with one attached hydrogen (secondary N) is 2. The number of amides is 2. The molecule has 0 aliphatic rings. The van der Waals surface area contributed by atoms with Crippen molar-refractivity contribution in [1.29, 1.82) is 0 Å². The average molecular weight is 260 g/mol. The minimum absolute atomic E-state index is 0.219. The number of rotatable bonds is 7. The number of carbonyl (C=O) groups excluding carboxylic acids is 2. The van der Waals surface area contributed by atoms with Crippen molar-refractivity contribution in [2.24, 2.45) is 0 Å². The molecule has 0 fully saturated rings. The van der Waals surface area contributed by atoms with Gasteiger partial charge in [0.05, 0.1) is 6.61 Å². The second-order valence-corrected chi connectivity index (χ2v) is 4.22. The van der Waals surface area contributed by atoms with E-state index in [1.54, 1.807) is 6.92 Å². The molecule has 2 amide bonds. The van der Waals surface area contributed by atoms with Gasteiger partial charge in [0.15, 0.2) is 0 Å². The predicted molar refractivity (Wildman–Crippen MR) is 64.1 cm³/mol. The molecule has 3 N–H and O–H groups in total. The van der Waals surface area contributed by atoms with Gasteiger partial charge < -0.3 is 20.5 Å².